The van der Waals surface area contributed by atoms with Gasteiger partial charge in [-0.1, -0.05) is 43.3 Å². The van der Waals surface area contributed by atoms with Crippen LogP contribution in [0.25, 0.3) is 11.6 Å². The van der Waals surface area contributed by atoms with Gasteiger partial charge in [-0.3, -0.25) is 4.79 Å². The Morgan fingerprint density at radius 2 is 1.78 bits per heavy atom. The van der Waals surface area contributed by atoms with E-state index in [4.69, 9.17) is 4.74 Å². The topological polar surface area (TPSA) is 29.5 Å². The van der Waals surface area contributed by atoms with Crippen molar-refractivity contribution < 1.29 is 9.53 Å². The molecule has 2 aromatic rings. The summed E-state index contributed by atoms with van der Waals surface area (Å²) < 4.78 is 5.68. The van der Waals surface area contributed by atoms with Crippen LogP contribution in [0.3, 0.4) is 0 Å². The van der Waals surface area contributed by atoms with Gasteiger partial charge in [-0.2, -0.15) is 0 Å². The van der Waals surface area contributed by atoms with E-state index in [9.17, 15) is 4.79 Å². The molecule has 0 saturated carbocycles. The third-order valence-electron chi connectivity index (χ3n) is 3.93. The van der Waals surface area contributed by atoms with E-state index in [1.807, 2.05) is 66.4 Å². The Morgan fingerprint density at radius 3 is 2.57 bits per heavy atom. The molecule has 0 unspecified atom stereocenters. The number of hydrogen-bond acceptors (Lipinski definition) is 2. The van der Waals surface area contributed by atoms with E-state index < -0.39 is 0 Å². The SMILES string of the molecule is CCCN1C(=O)/C(=C\c2ccccc2OCC)c2ccccc21. The van der Waals surface area contributed by atoms with Gasteiger partial charge in [0.1, 0.15) is 5.75 Å². The molecule has 23 heavy (non-hydrogen) atoms. The van der Waals surface area contributed by atoms with Crippen molar-refractivity contribution >= 4 is 23.2 Å². The molecule has 3 heteroatoms. The lowest BCUT2D eigenvalue weighted by Gasteiger charge is -2.15. The van der Waals surface area contributed by atoms with E-state index in [0.717, 1.165) is 41.1 Å². The average Bonchev–Trinajstić information content (AvgIpc) is 2.83. The van der Waals surface area contributed by atoms with Crippen molar-refractivity contribution in [1.29, 1.82) is 0 Å². The average molecular weight is 307 g/mol. The monoisotopic (exact) mass is 307 g/mol. The van der Waals surface area contributed by atoms with Crippen LogP contribution in [0.1, 0.15) is 31.4 Å². The van der Waals surface area contributed by atoms with Crippen molar-refractivity contribution in [3.8, 4) is 5.75 Å². The van der Waals surface area contributed by atoms with Crippen LogP contribution >= 0.6 is 0 Å². The standard InChI is InChI=1S/C20H21NO2/c1-3-13-21-18-11-7-6-10-16(18)17(20(21)22)14-15-9-5-8-12-19(15)23-4-2/h5-12,14H,3-4,13H2,1-2H3/b17-14-. The maximum Gasteiger partial charge on any atom is 0.258 e. The van der Waals surface area contributed by atoms with Gasteiger partial charge < -0.3 is 9.64 Å². The summed E-state index contributed by atoms with van der Waals surface area (Å²) in [6.07, 6.45) is 2.88. The Bertz CT molecular complexity index is 749. The summed E-state index contributed by atoms with van der Waals surface area (Å²) in [6.45, 7) is 5.39. The third kappa shape index (κ3) is 2.87. The molecule has 3 nitrogen and oxygen atoms in total. The predicted octanol–water partition coefficient (Wildman–Crippen LogP) is 4.38. The first-order valence-corrected chi connectivity index (χ1v) is 8.11. The molecule has 0 saturated heterocycles. The maximum absolute atomic E-state index is 12.8. The second-order valence-electron chi connectivity index (χ2n) is 5.50. The summed E-state index contributed by atoms with van der Waals surface area (Å²) in [5, 5.41) is 0. The highest BCUT2D eigenvalue weighted by molar-refractivity contribution is 6.35. The van der Waals surface area contributed by atoms with Gasteiger partial charge in [0.25, 0.3) is 5.91 Å². The summed E-state index contributed by atoms with van der Waals surface area (Å²) in [4.78, 5) is 14.7. The highest BCUT2D eigenvalue weighted by Crippen LogP contribution is 2.38. The first-order valence-electron chi connectivity index (χ1n) is 8.11. The number of fused-ring (bicyclic) bond motifs is 1. The molecular formula is C20H21NO2. The molecular weight excluding hydrogens is 286 g/mol. The molecule has 0 aliphatic carbocycles. The van der Waals surface area contributed by atoms with E-state index in [-0.39, 0.29) is 5.91 Å². The number of rotatable bonds is 5. The van der Waals surface area contributed by atoms with Crippen LogP contribution in [0, 0.1) is 0 Å². The van der Waals surface area contributed by atoms with Crippen LogP contribution in [0.2, 0.25) is 0 Å². The van der Waals surface area contributed by atoms with Gasteiger partial charge in [0, 0.05) is 23.2 Å². The fourth-order valence-electron chi connectivity index (χ4n) is 2.93. The number of nitrogens with zero attached hydrogens (tertiary/aromatic N) is 1. The van der Waals surface area contributed by atoms with Gasteiger partial charge in [-0.05, 0) is 31.6 Å². The summed E-state index contributed by atoms with van der Waals surface area (Å²) in [7, 11) is 0. The van der Waals surface area contributed by atoms with Crippen molar-refractivity contribution in [2.75, 3.05) is 18.1 Å². The van der Waals surface area contributed by atoms with Gasteiger partial charge in [-0.25, -0.2) is 0 Å². The highest BCUT2D eigenvalue weighted by Gasteiger charge is 2.31. The van der Waals surface area contributed by atoms with Crippen LogP contribution in [0.4, 0.5) is 5.69 Å². The quantitative estimate of drug-likeness (QED) is 0.767. The highest BCUT2D eigenvalue weighted by atomic mass is 16.5. The van der Waals surface area contributed by atoms with Crippen LogP contribution < -0.4 is 9.64 Å². The smallest absolute Gasteiger partial charge is 0.258 e. The van der Waals surface area contributed by atoms with E-state index in [2.05, 4.69) is 6.92 Å². The first-order chi connectivity index (χ1) is 11.3. The van der Waals surface area contributed by atoms with Crippen molar-refractivity contribution in [2.24, 2.45) is 0 Å². The zero-order chi connectivity index (χ0) is 16.2. The van der Waals surface area contributed by atoms with Crippen molar-refractivity contribution in [3.63, 3.8) is 0 Å². The largest absolute Gasteiger partial charge is 0.493 e. The van der Waals surface area contributed by atoms with E-state index in [1.165, 1.54) is 0 Å². The molecule has 3 rings (SSSR count). The van der Waals surface area contributed by atoms with Gasteiger partial charge in [0.2, 0.25) is 0 Å². The van der Waals surface area contributed by atoms with E-state index in [0.29, 0.717) is 6.61 Å². The third-order valence-corrected chi connectivity index (χ3v) is 3.93. The van der Waals surface area contributed by atoms with Crippen molar-refractivity contribution in [1.82, 2.24) is 0 Å². The maximum atomic E-state index is 12.8. The molecule has 1 aliphatic rings. The Balaban J connectivity index is 2.08. The Hall–Kier alpha value is -2.55. The zero-order valence-corrected chi connectivity index (χ0v) is 13.6. The summed E-state index contributed by atoms with van der Waals surface area (Å²) >= 11 is 0. The van der Waals surface area contributed by atoms with Crippen LogP contribution in [0.5, 0.6) is 5.75 Å². The molecule has 1 heterocycles. The summed E-state index contributed by atoms with van der Waals surface area (Å²) in [6, 6.07) is 15.8. The molecule has 0 aromatic heterocycles. The molecule has 1 amide bonds. The van der Waals surface area contributed by atoms with E-state index in [1.54, 1.807) is 0 Å². The molecule has 0 fully saturated rings. The molecule has 0 atom stereocenters. The van der Waals surface area contributed by atoms with Crippen LogP contribution in [-0.4, -0.2) is 19.1 Å². The normalized spacial score (nSPS) is 15.1. The first kappa shape index (κ1) is 15.3. The molecule has 2 aromatic carbocycles. The minimum Gasteiger partial charge on any atom is -0.493 e. The van der Waals surface area contributed by atoms with E-state index >= 15 is 0 Å². The van der Waals surface area contributed by atoms with Gasteiger partial charge in [0.15, 0.2) is 0 Å². The lowest BCUT2D eigenvalue weighted by atomic mass is 10.0. The predicted molar refractivity (Wildman–Crippen MR) is 94.6 cm³/mol. The second-order valence-corrected chi connectivity index (χ2v) is 5.50. The Labute approximate surface area is 137 Å². The lowest BCUT2D eigenvalue weighted by Crippen LogP contribution is -2.26. The molecule has 0 spiro atoms. The van der Waals surface area contributed by atoms with Crippen LogP contribution in [-0.2, 0) is 4.79 Å². The van der Waals surface area contributed by atoms with Gasteiger partial charge in [0.05, 0.1) is 12.3 Å². The van der Waals surface area contributed by atoms with Gasteiger partial charge in [-0.15, -0.1) is 0 Å². The molecule has 0 N–H and O–H groups in total. The number of carbonyl (C=O) groups is 1. The number of amides is 1. The number of para-hydroxylation sites is 2. The molecule has 118 valence electrons. The zero-order valence-electron chi connectivity index (χ0n) is 13.6. The van der Waals surface area contributed by atoms with Crippen molar-refractivity contribution in [3.05, 3.63) is 59.7 Å². The minimum absolute atomic E-state index is 0.0688. The Morgan fingerprint density at radius 1 is 1.04 bits per heavy atom. The van der Waals surface area contributed by atoms with Crippen molar-refractivity contribution in [2.45, 2.75) is 20.3 Å². The van der Waals surface area contributed by atoms with Crippen LogP contribution in [0.15, 0.2) is 48.5 Å². The number of anilines is 1. The lowest BCUT2D eigenvalue weighted by molar-refractivity contribution is -0.113. The summed E-state index contributed by atoms with van der Waals surface area (Å²) in [5.74, 6) is 0.876. The molecule has 1 aliphatic heterocycles. The number of ether oxygens (including phenoxy) is 1. The number of benzene rings is 2. The molecule has 0 bridgehead atoms. The fourth-order valence-corrected chi connectivity index (χ4v) is 2.93. The second kappa shape index (κ2) is 6.69. The number of hydrogen-bond donors (Lipinski definition) is 0. The summed E-state index contributed by atoms with van der Waals surface area (Å²) in [5.41, 5.74) is 3.67. The molecule has 0 radical (unpaired) electrons. The minimum atomic E-state index is 0.0688. The van der Waals surface area contributed by atoms with Gasteiger partial charge >= 0.3 is 0 Å². The fraction of sp³-hybridized carbons (Fsp3) is 0.250. The number of carbonyl (C=O) groups excluding carboxylic acids is 1. The Kier molecular flexibility index (Phi) is 4.47.